The Kier molecular flexibility index (Phi) is 9.32. The zero-order valence-corrected chi connectivity index (χ0v) is 21.5. The molecule has 1 unspecified atom stereocenters. The molecule has 186 valence electrons. The number of ether oxygens (including phenoxy) is 3. The highest BCUT2D eigenvalue weighted by molar-refractivity contribution is 6.09. The van der Waals surface area contributed by atoms with Gasteiger partial charge in [0.05, 0.1) is 24.8 Å². The molecule has 0 aromatic heterocycles. The molecule has 2 aromatic rings. The van der Waals surface area contributed by atoms with E-state index in [9.17, 15) is 4.79 Å². The highest BCUT2D eigenvalue weighted by Gasteiger charge is 2.29. The van der Waals surface area contributed by atoms with Crippen LogP contribution in [-0.2, 0) is 0 Å². The molecule has 5 heteroatoms. The molecule has 0 bridgehead atoms. The summed E-state index contributed by atoms with van der Waals surface area (Å²) in [6.07, 6.45) is 12.4. The van der Waals surface area contributed by atoms with Crippen LogP contribution in [-0.4, -0.2) is 38.7 Å². The van der Waals surface area contributed by atoms with Gasteiger partial charge in [0.2, 0.25) is 0 Å². The summed E-state index contributed by atoms with van der Waals surface area (Å²) in [4.78, 5) is 13.0. The third-order valence-electron chi connectivity index (χ3n) is 5.91. The molecule has 35 heavy (non-hydrogen) atoms. The van der Waals surface area contributed by atoms with E-state index in [4.69, 9.17) is 14.2 Å². The van der Waals surface area contributed by atoms with Gasteiger partial charge < -0.3 is 19.5 Å². The average molecular weight is 476 g/mol. The first kappa shape index (κ1) is 26.3. The molecule has 0 saturated heterocycles. The van der Waals surface area contributed by atoms with Gasteiger partial charge in [0.15, 0.2) is 5.78 Å². The zero-order chi connectivity index (χ0) is 25.3. The molecule has 5 nitrogen and oxygen atoms in total. The lowest BCUT2D eigenvalue weighted by Gasteiger charge is -2.32. The number of ketones is 1. The predicted molar refractivity (Wildman–Crippen MR) is 144 cm³/mol. The van der Waals surface area contributed by atoms with Crippen molar-refractivity contribution in [3.63, 3.8) is 0 Å². The maximum absolute atomic E-state index is 13.0. The predicted octanol–water partition coefficient (Wildman–Crippen LogP) is 6.49. The van der Waals surface area contributed by atoms with Gasteiger partial charge in [-0.1, -0.05) is 29.9 Å². The second-order valence-corrected chi connectivity index (χ2v) is 9.20. The van der Waals surface area contributed by atoms with Crippen molar-refractivity contribution in [2.75, 3.05) is 27.3 Å². The van der Waals surface area contributed by atoms with E-state index in [1.165, 1.54) is 5.57 Å². The van der Waals surface area contributed by atoms with Gasteiger partial charge in [-0.15, -0.1) is 0 Å². The summed E-state index contributed by atoms with van der Waals surface area (Å²) < 4.78 is 17.7. The Morgan fingerprint density at radius 1 is 1.14 bits per heavy atom. The van der Waals surface area contributed by atoms with Gasteiger partial charge >= 0.3 is 0 Å². The fraction of sp³-hybridized carbons (Fsp3) is 0.367. The molecule has 2 aromatic carbocycles. The van der Waals surface area contributed by atoms with Gasteiger partial charge in [0.25, 0.3) is 0 Å². The van der Waals surface area contributed by atoms with Crippen LogP contribution in [0.4, 0.5) is 0 Å². The molecule has 0 aliphatic carbocycles. The lowest BCUT2D eigenvalue weighted by molar-refractivity contribution is 0.104. The standard InChI is InChI=1S/C30H37NO4/c1-22(2)8-6-18-30(3)19-17-26-28(35-30)16-14-25(29(26)33-5)27(32)15-11-23-9-12-24(13-10-23)34-21-7-20-31-4/h8-17,19,31H,6-7,18,20-21H2,1-5H3/b15-11+. The summed E-state index contributed by atoms with van der Waals surface area (Å²) in [6.45, 7) is 7.87. The topological polar surface area (TPSA) is 56.8 Å². The Balaban J connectivity index is 1.70. The van der Waals surface area contributed by atoms with Crippen LogP contribution in [0.1, 0.15) is 61.5 Å². The van der Waals surface area contributed by atoms with E-state index >= 15 is 0 Å². The van der Waals surface area contributed by atoms with Crippen LogP contribution in [0.3, 0.4) is 0 Å². The molecular formula is C30H37NO4. The van der Waals surface area contributed by atoms with Crippen LogP contribution in [0, 0.1) is 0 Å². The minimum atomic E-state index is -0.391. The molecule has 0 amide bonds. The van der Waals surface area contributed by atoms with E-state index in [1.807, 2.05) is 43.5 Å². The van der Waals surface area contributed by atoms with Crippen LogP contribution in [0.25, 0.3) is 12.2 Å². The van der Waals surface area contributed by atoms with Crippen molar-refractivity contribution in [1.29, 1.82) is 0 Å². The number of hydrogen-bond acceptors (Lipinski definition) is 5. The Bertz CT molecular complexity index is 1090. The monoisotopic (exact) mass is 475 g/mol. The molecule has 0 spiro atoms. The Labute approximate surface area is 209 Å². The molecule has 0 radical (unpaired) electrons. The lowest BCUT2D eigenvalue weighted by Crippen LogP contribution is -2.31. The van der Waals surface area contributed by atoms with E-state index < -0.39 is 5.60 Å². The fourth-order valence-corrected chi connectivity index (χ4v) is 3.94. The number of allylic oxidation sites excluding steroid dienone is 3. The van der Waals surface area contributed by atoms with Gasteiger partial charge in [0, 0.05) is 0 Å². The van der Waals surface area contributed by atoms with Gasteiger partial charge in [-0.3, -0.25) is 4.79 Å². The molecule has 1 aliphatic rings. The summed E-state index contributed by atoms with van der Waals surface area (Å²) in [6, 6.07) is 11.4. The quantitative estimate of drug-likeness (QED) is 0.165. The maximum atomic E-state index is 13.0. The summed E-state index contributed by atoms with van der Waals surface area (Å²) in [7, 11) is 3.51. The van der Waals surface area contributed by atoms with Crippen LogP contribution in [0.2, 0.25) is 0 Å². The molecule has 0 fully saturated rings. The van der Waals surface area contributed by atoms with Crippen LogP contribution < -0.4 is 19.5 Å². The van der Waals surface area contributed by atoms with E-state index in [2.05, 4.69) is 38.2 Å². The molecule has 0 saturated carbocycles. The normalized spacial score (nSPS) is 16.5. The summed E-state index contributed by atoms with van der Waals surface area (Å²) in [5, 5.41) is 3.10. The number of hydrogen-bond donors (Lipinski definition) is 1. The average Bonchev–Trinajstić information content (AvgIpc) is 2.84. The van der Waals surface area contributed by atoms with E-state index in [-0.39, 0.29) is 5.78 Å². The minimum absolute atomic E-state index is 0.123. The Hall–Kier alpha value is -3.31. The van der Waals surface area contributed by atoms with Crippen molar-refractivity contribution in [2.45, 2.75) is 45.6 Å². The van der Waals surface area contributed by atoms with Gasteiger partial charge in [-0.25, -0.2) is 0 Å². The maximum Gasteiger partial charge on any atom is 0.189 e. The van der Waals surface area contributed by atoms with Crippen molar-refractivity contribution >= 4 is 17.9 Å². The number of fused-ring (bicyclic) bond motifs is 1. The highest BCUT2D eigenvalue weighted by Crippen LogP contribution is 2.40. The van der Waals surface area contributed by atoms with Gasteiger partial charge in [-0.05, 0) is 102 Å². The first-order valence-electron chi connectivity index (χ1n) is 12.2. The van der Waals surface area contributed by atoms with E-state index in [1.54, 1.807) is 25.3 Å². The van der Waals surface area contributed by atoms with Crippen LogP contribution in [0.15, 0.2) is 60.2 Å². The Morgan fingerprint density at radius 2 is 1.91 bits per heavy atom. The molecule has 1 heterocycles. The van der Waals surface area contributed by atoms with Crippen molar-refractivity contribution in [2.24, 2.45) is 0 Å². The molecule has 3 rings (SSSR count). The van der Waals surface area contributed by atoms with Crippen molar-refractivity contribution < 1.29 is 19.0 Å². The summed E-state index contributed by atoms with van der Waals surface area (Å²) >= 11 is 0. The third-order valence-corrected chi connectivity index (χ3v) is 5.91. The molecule has 1 aliphatic heterocycles. The summed E-state index contributed by atoms with van der Waals surface area (Å²) in [5.41, 5.74) is 3.14. The number of carbonyl (C=O) groups is 1. The van der Waals surface area contributed by atoms with E-state index in [0.29, 0.717) is 17.9 Å². The lowest BCUT2D eigenvalue weighted by atomic mass is 9.93. The first-order valence-corrected chi connectivity index (χ1v) is 12.2. The second-order valence-electron chi connectivity index (χ2n) is 9.20. The number of benzene rings is 2. The molecule has 1 N–H and O–H groups in total. The Morgan fingerprint density at radius 3 is 2.60 bits per heavy atom. The zero-order valence-electron chi connectivity index (χ0n) is 21.5. The third kappa shape index (κ3) is 7.33. The SMILES string of the molecule is CNCCCOc1ccc(/C=C/C(=O)c2ccc3c(c2OC)C=CC(C)(CCC=C(C)C)O3)cc1. The second kappa shape index (κ2) is 12.4. The number of methoxy groups -OCH3 is 1. The van der Waals surface area contributed by atoms with Crippen molar-refractivity contribution in [3.05, 3.63) is 76.9 Å². The van der Waals surface area contributed by atoms with Gasteiger partial charge in [-0.2, -0.15) is 0 Å². The van der Waals surface area contributed by atoms with Crippen LogP contribution >= 0.6 is 0 Å². The van der Waals surface area contributed by atoms with Crippen LogP contribution in [0.5, 0.6) is 17.2 Å². The highest BCUT2D eigenvalue weighted by atomic mass is 16.5. The number of nitrogens with one attached hydrogen (secondary N) is 1. The summed E-state index contributed by atoms with van der Waals surface area (Å²) in [5.74, 6) is 1.96. The molecular weight excluding hydrogens is 438 g/mol. The number of rotatable bonds is 12. The smallest absolute Gasteiger partial charge is 0.189 e. The van der Waals surface area contributed by atoms with Gasteiger partial charge in [0.1, 0.15) is 22.8 Å². The molecule has 1 atom stereocenters. The number of carbonyl (C=O) groups excluding carboxylic acids is 1. The minimum Gasteiger partial charge on any atom is -0.495 e. The first-order chi connectivity index (χ1) is 16.8. The fourth-order valence-electron chi connectivity index (χ4n) is 3.94. The van der Waals surface area contributed by atoms with Crippen molar-refractivity contribution in [3.8, 4) is 17.2 Å². The van der Waals surface area contributed by atoms with Crippen molar-refractivity contribution in [1.82, 2.24) is 5.32 Å². The largest absolute Gasteiger partial charge is 0.495 e. The van der Waals surface area contributed by atoms with E-state index in [0.717, 1.165) is 48.4 Å².